The van der Waals surface area contributed by atoms with Gasteiger partial charge in [-0.15, -0.1) is 10.2 Å². The summed E-state index contributed by atoms with van der Waals surface area (Å²) in [5.74, 6) is 0.885. The van der Waals surface area contributed by atoms with E-state index in [1.54, 1.807) is 6.20 Å². The van der Waals surface area contributed by atoms with Gasteiger partial charge in [0.25, 0.3) is 0 Å². The number of pyridine rings is 1. The number of thioether (sulfide) groups is 1. The van der Waals surface area contributed by atoms with Crippen LogP contribution in [-0.4, -0.2) is 31.4 Å². The standard InChI is InChI=1S/C21H19N5OS/c1-2-26-20(18-11-5-6-13-22-18)24-25-21(26)28-14-19(27)23-17-12-7-9-15-8-3-4-10-16(15)17/h3-13H,2,14H2,1H3,(H,23,27). The molecule has 28 heavy (non-hydrogen) atoms. The summed E-state index contributed by atoms with van der Waals surface area (Å²) < 4.78 is 1.97. The lowest BCUT2D eigenvalue weighted by atomic mass is 10.1. The van der Waals surface area contributed by atoms with Crippen molar-refractivity contribution in [1.29, 1.82) is 0 Å². The summed E-state index contributed by atoms with van der Waals surface area (Å²) in [7, 11) is 0. The molecule has 0 radical (unpaired) electrons. The lowest BCUT2D eigenvalue weighted by molar-refractivity contribution is -0.113. The van der Waals surface area contributed by atoms with Gasteiger partial charge in [-0.3, -0.25) is 9.78 Å². The number of nitrogens with zero attached hydrogens (tertiary/aromatic N) is 4. The van der Waals surface area contributed by atoms with Crippen LogP contribution in [0.1, 0.15) is 6.92 Å². The van der Waals surface area contributed by atoms with Gasteiger partial charge < -0.3 is 9.88 Å². The number of carbonyl (C=O) groups is 1. The summed E-state index contributed by atoms with van der Waals surface area (Å²) in [5.41, 5.74) is 1.58. The Morgan fingerprint density at radius 3 is 2.68 bits per heavy atom. The first kappa shape index (κ1) is 18.2. The van der Waals surface area contributed by atoms with Gasteiger partial charge >= 0.3 is 0 Å². The zero-order valence-electron chi connectivity index (χ0n) is 15.4. The zero-order chi connectivity index (χ0) is 19.3. The Labute approximate surface area is 167 Å². The molecular formula is C21H19N5OS. The fourth-order valence-electron chi connectivity index (χ4n) is 3.02. The van der Waals surface area contributed by atoms with E-state index < -0.39 is 0 Å². The number of nitrogens with one attached hydrogen (secondary N) is 1. The minimum absolute atomic E-state index is 0.0774. The predicted octanol–water partition coefficient (Wildman–Crippen LogP) is 4.24. The number of aromatic nitrogens is 4. The summed E-state index contributed by atoms with van der Waals surface area (Å²) in [6.07, 6.45) is 1.73. The summed E-state index contributed by atoms with van der Waals surface area (Å²) in [4.78, 5) is 16.8. The molecular weight excluding hydrogens is 370 g/mol. The van der Waals surface area contributed by atoms with E-state index in [1.807, 2.05) is 72.2 Å². The van der Waals surface area contributed by atoms with Crippen molar-refractivity contribution in [2.75, 3.05) is 11.1 Å². The number of carbonyl (C=O) groups excluding carboxylic acids is 1. The zero-order valence-corrected chi connectivity index (χ0v) is 16.2. The molecule has 4 rings (SSSR count). The van der Waals surface area contributed by atoms with Crippen molar-refractivity contribution in [3.8, 4) is 11.5 Å². The Balaban J connectivity index is 1.47. The van der Waals surface area contributed by atoms with Crippen molar-refractivity contribution in [2.45, 2.75) is 18.6 Å². The molecule has 6 nitrogen and oxygen atoms in total. The quantitative estimate of drug-likeness (QED) is 0.499. The van der Waals surface area contributed by atoms with Gasteiger partial charge in [-0.2, -0.15) is 0 Å². The van der Waals surface area contributed by atoms with Crippen LogP contribution in [0.25, 0.3) is 22.3 Å². The van der Waals surface area contributed by atoms with Gasteiger partial charge in [0.1, 0.15) is 5.69 Å². The Morgan fingerprint density at radius 2 is 1.86 bits per heavy atom. The van der Waals surface area contributed by atoms with Crippen LogP contribution in [-0.2, 0) is 11.3 Å². The van der Waals surface area contributed by atoms with Crippen LogP contribution < -0.4 is 5.32 Å². The van der Waals surface area contributed by atoms with Gasteiger partial charge in [0.15, 0.2) is 11.0 Å². The summed E-state index contributed by atoms with van der Waals surface area (Å²) in [6, 6.07) is 19.6. The molecule has 140 valence electrons. The van der Waals surface area contributed by atoms with Crippen molar-refractivity contribution in [1.82, 2.24) is 19.7 Å². The summed E-state index contributed by atoms with van der Waals surface area (Å²) >= 11 is 1.37. The minimum atomic E-state index is -0.0774. The van der Waals surface area contributed by atoms with Gasteiger partial charge in [-0.1, -0.05) is 54.2 Å². The first-order valence-corrected chi connectivity index (χ1v) is 10.00. The van der Waals surface area contributed by atoms with Gasteiger partial charge in [0, 0.05) is 23.8 Å². The third-order valence-corrected chi connectivity index (χ3v) is 5.29. The number of rotatable bonds is 6. The molecule has 2 aromatic carbocycles. The molecule has 0 unspecified atom stereocenters. The Hall–Kier alpha value is -3.19. The topological polar surface area (TPSA) is 72.7 Å². The summed E-state index contributed by atoms with van der Waals surface area (Å²) in [6.45, 7) is 2.72. The Morgan fingerprint density at radius 1 is 1.04 bits per heavy atom. The fourth-order valence-corrected chi connectivity index (χ4v) is 3.82. The van der Waals surface area contributed by atoms with Gasteiger partial charge in [-0.05, 0) is 30.5 Å². The second-order valence-corrected chi connectivity index (χ2v) is 7.07. The van der Waals surface area contributed by atoms with Crippen LogP contribution >= 0.6 is 11.8 Å². The van der Waals surface area contributed by atoms with Crippen molar-refractivity contribution in [3.05, 3.63) is 66.9 Å². The maximum Gasteiger partial charge on any atom is 0.234 e. The lowest BCUT2D eigenvalue weighted by Gasteiger charge is -2.09. The number of hydrogen-bond acceptors (Lipinski definition) is 5. The molecule has 0 bridgehead atoms. The van der Waals surface area contributed by atoms with Crippen LogP contribution in [0.5, 0.6) is 0 Å². The molecule has 2 heterocycles. The molecule has 0 spiro atoms. The molecule has 2 aromatic heterocycles. The number of anilines is 1. The third kappa shape index (κ3) is 3.75. The molecule has 0 aliphatic heterocycles. The first-order valence-electron chi connectivity index (χ1n) is 9.01. The number of fused-ring (bicyclic) bond motifs is 1. The highest BCUT2D eigenvalue weighted by molar-refractivity contribution is 7.99. The van der Waals surface area contributed by atoms with Gasteiger partial charge in [-0.25, -0.2) is 0 Å². The first-order chi connectivity index (χ1) is 13.8. The van der Waals surface area contributed by atoms with E-state index in [1.165, 1.54) is 11.8 Å². The van der Waals surface area contributed by atoms with Crippen molar-refractivity contribution in [3.63, 3.8) is 0 Å². The normalized spacial score (nSPS) is 10.9. The number of hydrogen-bond donors (Lipinski definition) is 1. The van der Waals surface area contributed by atoms with E-state index in [9.17, 15) is 4.79 Å². The van der Waals surface area contributed by atoms with Crippen molar-refractivity contribution < 1.29 is 4.79 Å². The number of amides is 1. The van der Waals surface area contributed by atoms with Crippen LogP contribution in [0, 0.1) is 0 Å². The van der Waals surface area contributed by atoms with Gasteiger partial charge in [0.05, 0.1) is 5.75 Å². The largest absolute Gasteiger partial charge is 0.325 e. The molecule has 0 saturated carbocycles. The molecule has 7 heteroatoms. The maximum absolute atomic E-state index is 12.5. The molecule has 0 saturated heterocycles. The van der Waals surface area contributed by atoms with Crippen LogP contribution in [0.2, 0.25) is 0 Å². The Bertz CT molecular complexity index is 1100. The molecule has 4 aromatic rings. The van der Waals surface area contributed by atoms with E-state index >= 15 is 0 Å². The monoisotopic (exact) mass is 389 g/mol. The minimum Gasteiger partial charge on any atom is -0.325 e. The van der Waals surface area contributed by atoms with Crippen LogP contribution in [0.15, 0.2) is 72.0 Å². The van der Waals surface area contributed by atoms with Crippen molar-refractivity contribution >= 4 is 34.1 Å². The van der Waals surface area contributed by atoms with Crippen LogP contribution in [0.4, 0.5) is 5.69 Å². The average molecular weight is 389 g/mol. The highest BCUT2D eigenvalue weighted by Crippen LogP contribution is 2.25. The summed E-state index contributed by atoms with van der Waals surface area (Å²) in [5, 5.41) is 14.3. The van der Waals surface area contributed by atoms with Crippen LogP contribution in [0.3, 0.4) is 0 Å². The van der Waals surface area contributed by atoms with E-state index in [0.29, 0.717) is 17.5 Å². The van der Waals surface area contributed by atoms with Crippen molar-refractivity contribution in [2.24, 2.45) is 0 Å². The second-order valence-electron chi connectivity index (χ2n) is 6.13. The second kappa shape index (κ2) is 8.22. The van der Waals surface area contributed by atoms with E-state index in [4.69, 9.17) is 0 Å². The van der Waals surface area contributed by atoms with E-state index in [0.717, 1.165) is 22.2 Å². The fraction of sp³-hybridized carbons (Fsp3) is 0.143. The molecule has 0 atom stereocenters. The predicted molar refractivity (Wildman–Crippen MR) is 112 cm³/mol. The third-order valence-electron chi connectivity index (χ3n) is 4.32. The average Bonchev–Trinajstić information content (AvgIpc) is 3.16. The highest BCUT2D eigenvalue weighted by Gasteiger charge is 2.15. The number of benzene rings is 2. The molecule has 0 aliphatic rings. The molecule has 1 N–H and O–H groups in total. The maximum atomic E-state index is 12.5. The lowest BCUT2D eigenvalue weighted by Crippen LogP contribution is -2.15. The van der Waals surface area contributed by atoms with Gasteiger partial charge in [0.2, 0.25) is 5.91 Å². The highest BCUT2D eigenvalue weighted by atomic mass is 32.2. The van der Waals surface area contributed by atoms with E-state index in [-0.39, 0.29) is 11.7 Å². The van der Waals surface area contributed by atoms with E-state index in [2.05, 4.69) is 20.5 Å². The SMILES string of the molecule is CCn1c(SCC(=O)Nc2cccc3ccccc23)nnc1-c1ccccn1. The Kier molecular flexibility index (Phi) is 5.34. The molecule has 1 amide bonds. The molecule has 0 aliphatic carbocycles. The smallest absolute Gasteiger partial charge is 0.234 e. The molecule has 0 fully saturated rings.